The number of para-hydroxylation sites is 1. The van der Waals surface area contributed by atoms with Crippen LogP contribution in [0.2, 0.25) is 5.02 Å². The first-order valence-corrected chi connectivity index (χ1v) is 17.5. The van der Waals surface area contributed by atoms with E-state index in [1.807, 2.05) is 36.4 Å². The lowest BCUT2D eigenvalue weighted by atomic mass is 9.82. The van der Waals surface area contributed by atoms with E-state index in [0.29, 0.717) is 13.2 Å². The Bertz CT molecular complexity index is 1620. The van der Waals surface area contributed by atoms with Crippen LogP contribution in [-0.4, -0.2) is 78.8 Å². The van der Waals surface area contributed by atoms with E-state index in [2.05, 4.69) is 56.2 Å². The molecule has 47 heavy (non-hydrogen) atoms. The van der Waals surface area contributed by atoms with Gasteiger partial charge < -0.3 is 25.1 Å². The molecule has 1 aliphatic carbocycles. The average molecular weight is 658 g/mol. The van der Waals surface area contributed by atoms with Crippen LogP contribution in [0.3, 0.4) is 0 Å². The minimum atomic E-state index is -0.707. The number of hydrogen-bond acceptors (Lipinski definition) is 6. The van der Waals surface area contributed by atoms with Gasteiger partial charge in [0.25, 0.3) is 0 Å². The van der Waals surface area contributed by atoms with E-state index in [9.17, 15) is 4.79 Å². The number of hydrogen-bond donors (Lipinski definition) is 2. The zero-order valence-corrected chi connectivity index (χ0v) is 28.3. The molecule has 2 fully saturated rings. The third-order valence-corrected chi connectivity index (χ3v) is 10.0. The minimum absolute atomic E-state index is 0.000686. The molecule has 3 aromatic carbocycles. The van der Waals surface area contributed by atoms with Crippen LogP contribution in [0.1, 0.15) is 44.1 Å². The van der Waals surface area contributed by atoms with Gasteiger partial charge in [-0.2, -0.15) is 0 Å². The van der Waals surface area contributed by atoms with E-state index in [0.717, 1.165) is 100 Å². The monoisotopic (exact) mass is 657 g/mol. The van der Waals surface area contributed by atoms with Crippen molar-refractivity contribution < 1.29 is 14.3 Å². The number of benzene rings is 3. The Morgan fingerprint density at radius 2 is 1.64 bits per heavy atom. The van der Waals surface area contributed by atoms with Crippen LogP contribution in [0.25, 0.3) is 22.0 Å². The Balaban J connectivity index is 1.12. The maximum atomic E-state index is 12.9. The number of nitrogens with zero attached hydrogens (tertiary/aromatic N) is 3. The Morgan fingerprint density at radius 1 is 0.894 bits per heavy atom. The number of nitrogens with two attached hydrogens (primary N) is 1. The van der Waals surface area contributed by atoms with E-state index in [4.69, 9.17) is 26.8 Å². The Kier molecular flexibility index (Phi) is 11.0. The van der Waals surface area contributed by atoms with Crippen LogP contribution in [0.15, 0.2) is 72.9 Å². The predicted molar refractivity (Wildman–Crippen MR) is 190 cm³/mol. The molecule has 1 saturated carbocycles. The van der Waals surface area contributed by atoms with E-state index in [1.54, 1.807) is 7.11 Å². The van der Waals surface area contributed by atoms with Crippen molar-refractivity contribution in [3.05, 3.63) is 83.5 Å². The second-order valence-electron chi connectivity index (χ2n) is 13.0. The molecule has 1 aliphatic heterocycles. The number of rotatable bonds is 13. The number of aryl methyl sites for hydroxylation is 1. The van der Waals surface area contributed by atoms with E-state index >= 15 is 0 Å². The fraction of sp³-hybridized carbons (Fsp3) is 0.447. The molecule has 8 nitrogen and oxygen atoms in total. The molecule has 9 heteroatoms. The SMILES string of the molecule is COc1ccccc1-c1cn(CCCNC(=O)C2(N)CCCCC2)c2cccc(CN3CCN(CCOc4ccc(Cl)cc4)CC3)c12. The Labute approximate surface area is 283 Å². The molecular weight excluding hydrogens is 610 g/mol. The summed E-state index contributed by atoms with van der Waals surface area (Å²) < 4.78 is 14.1. The molecule has 1 aromatic heterocycles. The highest BCUT2D eigenvalue weighted by atomic mass is 35.5. The number of carbonyl (C=O) groups excluding carboxylic acids is 1. The molecule has 3 N–H and O–H groups in total. The summed E-state index contributed by atoms with van der Waals surface area (Å²) in [5.41, 5.74) is 10.6. The fourth-order valence-electron chi connectivity index (χ4n) is 7.09. The molecule has 0 unspecified atom stereocenters. The lowest BCUT2D eigenvalue weighted by Crippen LogP contribution is -2.55. The molecule has 4 aromatic rings. The van der Waals surface area contributed by atoms with Crippen LogP contribution >= 0.6 is 11.6 Å². The van der Waals surface area contributed by atoms with Gasteiger partial charge in [0, 0.05) is 85.6 Å². The van der Waals surface area contributed by atoms with Gasteiger partial charge in [-0.25, -0.2) is 0 Å². The number of ether oxygens (including phenoxy) is 2. The first-order valence-electron chi connectivity index (χ1n) is 17.1. The van der Waals surface area contributed by atoms with Crippen LogP contribution < -0.4 is 20.5 Å². The van der Waals surface area contributed by atoms with Gasteiger partial charge in [0.2, 0.25) is 5.91 Å². The number of aromatic nitrogens is 1. The molecular formula is C38H48ClN5O3. The number of carbonyl (C=O) groups is 1. The molecule has 0 bridgehead atoms. The molecule has 0 spiro atoms. The average Bonchev–Trinajstić information content (AvgIpc) is 3.47. The van der Waals surface area contributed by atoms with Gasteiger partial charge in [0.05, 0.1) is 12.6 Å². The minimum Gasteiger partial charge on any atom is -0.496 e. The van der Waals surface area contributed by atoms with Crippen molar-refractivity contribution in [2.75, 3.05) is 53.0 Å². The van der Waals surface area contributed by atoms with E-state index in [1.165, 1.54) is 28.5 Å². The predicted octanol–water partition coefficient (Wildman–Crippen LogP) is 6.33. The highest BCUT2D eigenvalue weighted by Gasteiger charge is 2.34. The van der Waals surface area contributed by atoms with Crippen molar-refractivity contribution in [1.29, 1.82) is 0 Å². The lowest BCUT2D eigenvalue weighted by molar-refractivity contribution is -0.127. The summed E-state index contributed by atoms with van der Waals surface area (Å²) in [7, 11) is 1.73. The van der Waals surface area contributed by atoms with Crippen molar-refractivity contribution in [3.63, 3.8) is 0 Å². The summed E-state index contributed by atoms with van der Waals surface area (Å²) in [4.78, 5) is 17.9. The highest BCUT2D eigenvalue weighted by Crippen LogP contribution is 2.38. The third-order valence-electron chi connectivity index (χ3n) is 9.80. The largest absolute Gasteiger partial charge is 0.496 e. The van der Waals surface area contributed by atoms with Crippen molar-refractivity contribution in [3.8, 4) is 22.6 Å². The second-order valence-corrected chi connectivity index (χ2v) is 13.4. The number of methoxy groups -OCH3 is 1. The van der Waals surface area contributed by atoms with Gasteiger partial charge in [0.15, 0.2) is 0 Å². The van der Waals surface area contributed by atoms with Gasteiger partial charge in [-0.1, -0.05) is 61.2 Å². The summed E-state index contributed by atoms with van der Waals surface area (Å²) in [6.07, 6.45) is 7.87. The van der Waals surface area contributed by atoms with Crippen molar-refractivity contribution in [1.82, 2.24) is 19.7 Å². The Morgan fingerprint density at radius 3 is 2.40 bits per heavy atom. The molecule has 1 saturated heterocycles. The van der Waals surface area contributed by atoms with Gasteiger partial charge in [-0.3, -0.25) is 14.6 Å². The van der Waals surface area contributed by atoms with E-state index < -0.39 is 5.54 Å². The summed E-state index contributed by atoms with van der Waals surface area (Å²) in [6, 6.07) is 22.5. The smallest absolute Gasteiger partial charge is 0.240 e. The quantitative estimate of drug-likeness (QED) is 0.163. The molecule has 1 amide bonds. The van der Waals surface area contributed by atoms with Crippen molar-refractivity contribution in [2.45, 2.75) is 57.2 Å². The topological polar surface area (TPSA) is 85.0 Å². The molecule has 250 valence electrons. The maximum absolute atomic E-state index is 12.9. The van der Waals surface area contributed by atoms with Crippen molar-refractivity contribution in [2.24, 2.45) is 5.73 Å². The van der Waals surface area contributed by atoms with Gasteiger partial charge in [-0.15, -0.1) is 0 Å². The fourth-order valence-corrected chi connectivity index (χ4v) is 7.21. The molecule has 0 radical (unpaired) electrons. The van der Waals surface area contributed by atoms with Crippen molar-refractivity contribution >= 4 is 28.4 Å². The number of halogens is 1. The molecule has 0 atom stereocenters. The normalized spacial score (nSPS) is 17.1. The number of amides is 1. The van der Waals surface area contributed by atoms with Crippen LogP contribution in [-0.2, 0) is 17.9 Å². The van der Waals surface area contributed by atoms with Gasteiger partial charge in [-0.05, 0) is 61.2 Å². The zero-order valence-electron chi connectivity index (χ0n) is 27.6. The van der Waals surface area contributed by atoms with Gasteiger partial charge in [0.1, 0.15) is 18.1 Å². The summed E-state index contributed by atoms with van der Waals surface area (Å²) in [6.45, 7) is 7.88. The maximum Gasteiger partial charge on any atom is 0.240 e. The molecule has 6 rings (SSSR count). The number of piperazine rings is 1. The Hall–Kier alpha value is -3.56. The zero-order chi connectivity index (χ0) is 32.6. The number of nitrogens with one attached hydrogen (secondary N) is 1. The molecule has 2 heterocycles. The first-order chi connectivity index (χ1) is 22.9. The second kappa shape index (κ2) is 15.6. The lowest BCUT2D eigenvalue weighted by Gasteiger charge is -2.34. The van der Waals surface area contributed by atoms with E-state index in [-0.39, 0.29) is 5.91 Å². The number of fused-ring (bicyclic) bond motifs is 1. The summed E-state index contributed by atoms with van der Waals surface area (Å²) >= 11 is 6.00. The highest BCUT2D eigenvalue weighted by molar-refractivity contribution is 6.30. The van der Waals surface area contributed by atoms with Crippen LogP contribution in [0.5, 0.6) is 11.5 Å². The van der Waals surface area contributed by atoms with Crippen LogP contribution in [0.4, 0.5) is 0 Å². The summed E-state index contributed by atoms with van der Waals surface area (Å²) in [5, 5.41) is 5.12. The molecule has 2 aliphatic rings. The standard InChI is InChI=1S/C38H48ClN5O3/c1-46-35-12-4-3-10-32(35)33-28-44(20-8-19-41-37(45)38(40)17-5-2-6-18-38)34-11-7-9-29(36(33)34)27-43-23-21-42(22-24-43)25-26-47-31-15-13-30(39)14-16-31/h3-4,7,9-16,28H,2,5-6,8,17-27,40H2,1H3,(H,41,45). The first kappa shape index (κ1) is 33.3. The summed E-state index contributed by atoms with van der Waals surface area (Å²) in [5.74, 6) is 1.72. The third kappa shape index (κ3) is 8.12. The van der Waals surface area contributed by atoms with Gasteiger partial charge >= 0.3 is 0 Å². The van der Waals surface area contributed by atoms with Crippen LogP contribution in [0, 0.1) is 0 Å².